The average molecular weight is 337 g/mol. The van der Waals surface area contributed by atoms with Crippen LogP contribution in [0.4, 0.5) is 0 Å². The van der Waals surface area contributed by atoms with E-state index in [1.807, 2.05) is 44.2 Å². The molecule has 0 amide bonds. The Hall–Kier alpha value is -1.23. The van der Waals surface area contributed by atoms with Gasteiger partial charge in [0.1, 0.15) is 0 Å². The number of carbonyl (C=O) groups excluding carboxylic acids is 1. The molecular weight excluding hydrogens is 325 g/mol. The second kappa shape index (κ2) is 4.96. The maximum atomic E-state index is 12.3. The zero-order valence-electron chi connectivity index (χ0n) is 9.70. The van der Waals surface area contributed by atoms with Crippen LogP contribution in [0, 0.1) is 17.4 Å². The Balaban J connectivity index is 2.44. The molecule has 0 fully saturated rings. The van der Waals surface area contributed by atoms with E-state index in [1.54, 1.807) is 6.20 Å². The molecule has 1 heterocycles. The van der Waals surface area contributed by atoms with Crippen LogP contribution in [0.2, 0.25) is 0 Å². The van der Waals surface area contributed by atoms with Crippen molar-refractivity contribution in [2.24, 2.45) is 0 Å². The first-order valence-corrected chi connectivity index (χ1v) is 6.40. The molecule has 0 aliphatic carbocycles. The Kier molecular flexibility index (Phi) is 3.57. The van der Waals surface area contributed by atoms with Gasteiger partial charge in [0.15, 0.2) is 5.78 Å². The number of halogens is 1. The zero-order chi connectivity index (χ0) is 12.4. The first-order chi connectivity index (χ1) is 8.09. The Morgan fingerprint density at radius 2 is 1.94 bits per heavy atom. The molecule has 3 heteroatoms. The van der Waals surface area contributed by atoms with E-state index >= 15 is 0 Å². The van der Waals surface area contributed by atoms with E-state index < -0.39 is 0 Å². The molecule has 0 unspecified atom stereocenters. The van der Waals surface area contributed by atoms with E-state index in [0.717, 1.165) is 20.4 Å². The van der Waals surface area contributed by atoms with Crippen LogP contribution in [-0.4, -0.2) is 10.8 Å². The van der Waals surface area contributed by atoms with Gasteiger partial charge in [-0.05, 0) is 60.2 Å². The Labute approximate surface area is 114 Å². The molecule has 0 aliphatic rings. The molecule has 0 N–H and O–H groups in total. The van der Waals surface area contributed by atoms with Gasteiger partial charge in [0.05, 0.1) is 0 Å². The third-order valence-corrected chi connectivity index (χ3v) is 4.04. The topological polar surface area (TPSA) is 30.0 Å². The van der Waals surface area contributed by atoms with E-state index in [4.69, 9.17) is 0 Å². The third kappa shape index (κ3) is 2.54. The van der Waals surface area contributed by atoms with Crippen LogP contribution in [0.3, 0.4) is 0 Å². The number of aromatic nitrogens is 1. The molecular formula is C14H12INO. The number of hydrogen-bond acceptors (Lipinski definition) is 2. The number of aryl methyl sites for hydroxylation is 2. The molecule has 0 saturated heterocycles. The molecule has 2 rings (SSSR count). The highest BCUT2D eigenvalue weighted by molar-refractivity contribution is 14.1. The van der Waals surface area contributed by atoms with Gasteiger partial charge in [-0.2, -0.15) is 0 Å². The molecule has 1 aromatic carbocycles. The van der Waals surface area contributed by atoms with Crippen molar-refractivity contribution >= 4 is 28.4 Å². The number of nitrogens with zero attached hydrogens (tertiary/aromatic N) is 1. The van der Waals surface area contributed by atoms with Crippen LogP contribution in [0.25, 0.3) is 0 Å². The lowest BCUT2D eigenvalue weighted by atomic mass is 10.0. The predicted octanol–water partition coefficient (Wildman–Crippen LogP) is 3.53. The molecule has 86 valence electrons. The summed E-state index contributed by atoms with van der Waals surface area (Å²) < 4.78 is 1.01. The van der Waals surface area contributed by atoms with Gasteiger partial charge in [0, 0.05) is 26.6 Å². The van der Waals surface area contributed by atoms with E-state index in [1.165, 1.54) is 0 Å². The summed E-state index contributed by atoms with van der Waals surface area (Å²) in [6, 6.07) is 9.45. The fraction of sp³-hybridized carbons (Fsp3) is 0.143. The predicted molar refractivity (Wildman–Crippen MR) is 76.3 cm³/mol. The van der Waals surface area contributed by atoms with Crippen molar-refractivity contribution in [1.29, 1.82) is 0 Å². The van der Waals surface area contributed by atoms with Crippen LogP contribution >= 0.6 is 22.6 Å². The average Bonchev–Trinajstić information content (AvgIpc) is 2.33. The van der Waals surface area contributed by atoms with E-state index in [9.17, 15) is 4.79 Å². The lowest BCUT2D eigenvalue weighted by Gasteiger charge is -2.06. The van der Waals surface area contributed by atoms with Gasteiger partial charge in [-0.1, -0.05) is 12.1 Å². The Morgan fingerprint density at radius 3 is 2.59 bits per heavy atom. The maximum Gasteiger partial charge on any atom is 0.195 e. The van der Waals surface area contributed by atoms with Crippen LogP contribution in [0.5, 0.6) is 0 Å². The molecule has 0 aliphatic heterocycles. The number of carbonyl (C=O) groups is 1. The minimum absolute atomic E-state index is 0.0330. The van der Waals surface area contributed by atoms with Crippen LogP contribution in [-0.2, 0) is 0 Å². The number of ketones is 1. The largest absolute Gasteiger partial charge is 0.289 e. The van der Waals surface area contributed by atoms with Gasteiger partial charge >= 0.3 is 0 Å². The highest BCUT2D eigenvalue weighted by Crippen LogP contribution is 2.19. The van der Waals surface area contributed by atoms with Gasteiger partial charge < -0.3 is 0 Å². The normalized spacial score (nSPS) is 10.3. The SMILES string of the molecule is Cc1ccc(C(=O)c2cccc(C)c2I)cn1. The van der Waals surface area contributed by atoms with Crippen molar-refractivity contribution in [3.63, 3.8) is 0 Å². The lowest BCUT2D eigenvalue weighted by Crippen LogP contribution is -2.05. The fourth-order valence-electron chi connectivity index (χ4n) is 1.58. The summed E-state index contributed by atoms with van der Waals surface area (Å²) >= 11 is 2.21. The van der Waals surface area contributed by atoms with Gasteiger partial charge in [0.2, 0.25) is 0 Å². The smallest absolute Gasteiger partial charge is 0.195 e. The molecule has 0 radical (unpaired) electrons. The minimum Gasteiger partial charge on any atom is -0.289 e. The van der Waals surface area contributed by atoms with Crippen molar-refractivity contribution in [2.75, 3.05) is 0 Å². The molecule has 0 bridgehead atoms. The molecule has 2 aromatic rings. The van der Waals surface area contributed by atoms with Crippen molar-refractivity contribution in [1.82, 2.24) is 4.98 Å². The first-order valence-electron chi connectivity index (χ1n) is 5.32. The maximum absolute atomic E-state index is 12.3. The summed E-state index contributed by atoms with van der Waals surface area (Å²) in [7, 11) is 0. The summed E-state index contributed by atoms with van der Waals surface area (Å²) in [5, 5.41) is 0. The van der Waals surface area contributed by atoms with Gasteiger partial charge in [0.25, 0.3) is 0 Å². The van der Waals surface area contributed by atoms with E-state index in [-0.39, 0.29) is 5.78 Å². The van der Waals surface area contributed by atoms with E-state index in [2.05, 4.69) is 27.6 Å². The summed E-state index contributed by atoms with van der Waals surface area (Å²) in [6.07, 6.45) is 1.64. The molecule has 0 atom stereocenters. The summed E-state index contributed by atoms with van der Waals surface area (Å²) in [6.45, 7) is 3.91. The monoisotopic (exact) mass is 337 g/mol. The van der Waals surface area contributed by atoms with Crippen molar-refractivity contribution in [3.8, 4) is 0 Å². The van der Waals surface area contributed by atoms with Crippen LogP contribution in [0.15, 0.2) is 36.5 Å². The highest BCUT2D eigenvalue weighted by Gasteiger charge is 2.13. The fourth-order valence-corrected chi connectivity index (χ4v) is 2.18. The van der Waals surface area contributed by atoms with Crippen molar-refractivity contribution in [3.05, 3.63) is 62.5 Å². The second-order valence-electron chi connectivity index (χ2n) is 3.95. The molecule has 17 heavy (non-hydrogen) atoms. The number of rotatable bonds is 2. The van der Waals surface area contributed by atoms with Gasteiger partial charge in [-0.3, -0.25) is 9.78 Å². The van der Waals surface area contributed by atoms with Gasteiger partial charge in [-0.25, -0.2) is 0 Å². The molecule has 2 nitrogen and oxygen atoms in total. The molecule has 0 spiro atoms. The highest BCUT2D eigenvalue weighted by atomic mass is 127. The quantitative estimate of drug-likeness (QED) is 0.620. The third-order valence-electron chi connectivity index (χ3n) is 2.61. The standard InChI is InChI=1S/C14H12INO/c1-9-4-3-5-12(13(9)15)14(17)11-7-6-10(2)16-8-11/h3-8H,1-2H3. The molecule has 0 saturated carbocycles. The molecule has 1 aromatic heterocycles. The Morgan fingerprint density at radius 1 is 1.18 bits per heavy atom. The number of pyridine rings is 1. The number of hydrogen-bond donors (Lipinski definition) is 0. The van der Waals surface area contributed by atoms with Crippen LogP contribution < -0.4 is 0 Å². The zero-order valence-corrected chi connectivity index (χ0v) is 11.9. The lowest BCUT2D eigenvalue weighted by molar-refractivity contribution is 0.103. The summed E-state index contributed by atoms with van der Waals surface area (Å²) in [5.74, 6) is 0.0330. The van der Waals surface area contributed by atoms with E-state index in [0.29, 0.717) is 5.56 Å². The minimum atomic E-state index is 0.0330. The van der Waals surface area contributed by atoms with Gasteiger partial charge in [-0.15, -0.1) is 0 Å². The number of benzene rings is 1. The Bertz CT molecular complexity index is 561. The van der Waals surface area contributed by atoms with Crippen molar-refractivity contribution < 1.29 is 4.79 Å². The summed E-state index contributed by atoms with van der Waals surface area (Å²) in [4.78, 5) is 16.4. The first kappa shape index (κ1) is 12.2. The second-order valence-corrected chi connectivity index (χ2v) is 5.03. The van der Waals surface area contributed by atoms with Crippen LogP contribution in [0.1, 0.15) is 27.2 Å². The van der Waals surface area contributed by atoms with Crippen molar-refractivity contribution in [2.45, 2.75) is 13.8 Å². The summed E-state index contributed by atoms with van der Waals surface area (Å²) in [5.41, 5.74) is 3.42.